The highest BCUT2D eigenvalue weighted by molar-refractivity contribution is 5.70. The van der Waals surface area contributed by atoms with Crippen molar-refractivity contribution in [3.63, 3.8) is 0 Å². The van der Waals surface area contributed by atoms with Crippen LogP contribution in [-0.4, -0.2) is 13.1 Å². The van der Waals surface area contributed by atoms with Gasteiger partial charge in [-0.15, -0.1) is 5.10 Å². The highest BCUT2D eigenvalue weighted by Crippen LogP contribution is 1.56. The van der Waals surface area contributed by atoms with Gasteiger partial charge in [0.2, 0.25) is 0 Å². The van der Waals surface area contributed by atoms with E-state index in [0.29, 0.717) is 0 Å². The van der Waals surface area contributed by atoms with E-state index in [9.17, 15) is 0 Å². The quantitative estimate of drug-likeness (QED) is 0.170. The topological polar surface area (TPSA) is 73.6 Å². The normalized spacial score (nSPS) is 11.2. The molecule has 0 rings (SSSR count). The van der Waals surface area contributed by atoms with Crippen molar-refractivity contribution in [2.24, 2.45) is 16.7 Å². The average Bonchev–Trinajstić information content (AvgIpc) is 1.65. The van der Waals surface area contributed by atoms with Crippen molar-refractivity contribution in [1.29, 1.82) is 0 Å². The minimum absolute atomic E-state index is 0.00463. The SMILES string of the molecule is COC(N)=NN. The van der Waals surface area contributed by atoms with Crippen LogP contribution in [0.3, 0.4) is 0 Å². The predicted molar refractivity (Wildman–Crippen MR) is 22.8 cm³/mol. The van der Waals surface area contributed by atoms with Crippen molar-refractivity contribution in [3.8, 4) is 0 Å². The molecule has 4 nitrogen and oxygen atoms in total. The zero-order valence-corrected chi connectivity index (χ0v) is 3.51. The smallest absolute Gasteiger partial charge is 0.303 e. The summed E-state index contributed by atoms with van der Waals surface area (Å²) >= 11 is 0. The minimum atomic E-state index is -0.00463. The van der Waals surface area contributed by atoms with Gasteiger partial charge in [0.05, 0.1) is 7.11 Å². The molecule has 0 saturated carbocycles. The molecule has 0 spiro atoms. The largest absolute Gasteiger partial charge is 0.468 e. The molecule has 6 heavy (non-hydrogen) atoms. The highest BCUT2D eigenvalue weighted by Gasteiger charge is 1.75. The number of nitrogens with two attached hydrogens (primary N) is 2. The van der Waals surface area contributed by atoms with E-state index >= 15 is 0 Å². The van der Waals surface area contributed by atoms with Crippen molar-refractivity contribution in [3.05, 3.63) is 0 Å². The lowest BCUT2D eigenvalue weighted by Crippen LogP contribution is -2.15. The Kier molecular flexibility index (Phi) is 1.96. The predicted octanol–water partition coefficient (Wildman–Crippen LogP) is -1.18. The lowest BCUT2D eigenvalue weighted by Gasteiger charge is -1.89. The van der Waals surface area contributed by atoms with Gasteiger partial charge in [-0.25, -0.2) is 0 Å². The summed E-state index contributed by atoms with van der Waals surface area (Å²) in [6.07, 6.45) is 0. The van der Waals surface area contributed by atoms with Crippen LogP contribution in [0.2, 0.25) is 0 Å². The van der Waals surface area contributed by atoms with Gasteiger partial charge in [-0.3, -0.25) is 0 Å². The minimum Gasteiger partial charge on any atom is -0.468 e. The van der Waals surface area contributed by atoms with E-state index in [1.807, 2.05) is 0 Å². The summed E-state index contributed by atoms with van der Waals surface area (Å²) < 4.78 is 4.30. The third-order valence-corrected chi connectivity index (χ3v) is 0.336. The molecule has 0 amide bonds. The van der Waals surface area contributed by atoms with E-state index < -0.39 is 0 Å². The Morgan fingerprint density at radius 3 is 2.33 bits per heavy atom. The molecule has 0 bridgehead atoms. The standard InChI is InChI=1S/C2H7N3O/c1-6-2(3)5-4/h4H2,1H3,(H2,3,5). The van der Waals surface area contributed by atoms with Crippen molar-refractivity contribution >= 4 is 6.02 Å². The summed E-state index contributed by atoms with van der Waals surface area (Å²) in [4.78, 5) is 0. The molecule has 0 saturated heterocycles. The summed E-state index contributed by atoms with van der Waals surface area (Å²) in [6, 6.07) is -0.00463. The van der Waals surface area contributed by atoms with Gasteiger partial charge in [0.15, 0.2) is 0 Å². The summed E-state index contributed by atoms with van der Waals surface area (Å²) in [5.74, 6) is 4.62. The van der Waals surface area contributed by atoms with Crippen molar-refractivity contribution < 1.29 is 4.74 Å². The third-order valence-electron chi connectivity index (χ3n) is 0.336. The van der Waals surface area contributed by atoms with Gasteiger partial charge in [-0.1, -0.05) is 0 Å². The third kappa shape index (κ3) is 1.40. The number of nitrogens with zero attached hydrogens (tertiary/aromatic N) is 1. The second kappa shape index (κ2) is 2.32. The number of hydrogen-bond donors (Lipinski definition) is 2. The maximum absolute atomic E-state index is 4.88. The Bertz CT molecular complexity index is 59.8. The Hall–Kier alpha value is -0.930. The number of hydrazone groups is 1. The molecular formula is C2H7N3O. The molecule has 0 aromatic rings. The van der Waals surface area contributed by atoms with E-state index in [2.05, 4.69) is 15.7 Å². The molecule has 0 radical (unpaired) electrons. The first-order valence-corrected chi connectivity index (χ1v) is 1.38. The molecule has 4 N–H and O–H groups in total. The van der Waals surface area contributed by atoms with Crippen molar-refractivity contribution in [2.75, 3.05) is 7.11 Å². The average molecular weight is 89.1 g/mol. The Morgan fingerprint density at radius 2 is 2.33 bits per heavy atom. The van der Waals surface area contributed by atoms with Gasteiger partial charge in [-0.05, 0) is 0 Å². The fourth-order valence-electron chi connectivity index (χ4n) is 0.0527. The maximum atomic E-state index is 4.88. The number of ether oxygens (including phenoxy) is 1. The Morgan fingerprint density at radius 1 is 1.83 bits per heavy atom. The van der Waals surface area contributed by atoms with Gasteiger partial charge >= 0.3 is 6.02 Å². The van der Waals surface area contributed by atoms with E-state index in [1.54, 1.807) is 0 Å². The van der Waals surface area contributed by atoms with Gasteiger partial charge in [0.25, 0.3) is 0 Å². The molecule has 0 heterocycles. The lowest BCUT2D eigenvalue weighted by molar-refractivity contribution is 0.394. The van der Waals surface area contributed by atoms with Gasteiger partial charge in [0.1, 0.15) is 0 Å². The molecule has 0 atom stereocenters. The molecule has 0 aliphatic rings. The first kappa shape index (κ1) is 5.07. The first-order chi connectivity index (χ1) is 2.81. The molecule has 0 fully saturated rings. The monoisotopic (exact) mass is 89.1 g/mol. The molecule has 0 aliphatic carbocycles. The number of hydrogen-bond acceptors (Lipinski definition) is 3. The molecule has 0 aromatic carbocycles. The van der Waals surface area contributed by atoms with Crippen LogP contribution < -0.4 is 11.6 Å². The van der Waals surface area contributed by atoms with Gasteiger partial charge in [0, 0.05) is 0 Å². The number of methoxy groups -OCH3 is 1. The van der Waals surface area contributed by atoms with Crippen LogP contribution in [0.15, 0.2) is 5.10 Å². The van der Waals surface area contributed by atoms with Crippen LogP contribution in [0.4, 0.5) is 0 Å². The molecule has 0 aliphatic heterocycles. The van der Waals surface area contributed by atoms with E-state index in [0.717, 1.165) is 0 Å². The van der Waals surface area contributed by atoms with Crippen LogP contribution in [0, 0.1) is 0 Å². The summed E-state index contributed by atoms with van der Waals surface area (Å²) in [5, 5.41) is 2.98. The summed E-state index contributed by atoms with van der Waals surface area (Å²) in [6.45, 7) is 0. The molecular weight excluding hydrogens is 82.0 g/mol. The van der Waals surface area contributed by atoms with E-state index in [4.69, 9.17) is 5.73 Å². The fraction of sp³-hybridized carbons (Fsp3) is 0.500. The fourth-order valence-corrected chi connectivity index (χ4v) is 0.0527. The van der Waals surface area contributed by atoms with Crippen LogP contribution in [0.25, 0.3) is 0 Å². The van der Waals surface area contributed by atoms with Crippen molar-refractivity contribution in [1.82, 2.24) is 0 Å². The summed E-state index contributed by atoms with van der Waals surface area (Å²) in [5.41, 5.74) is 4.88. The van der Waals surface area contributed by atoms with Crippen LogP contribution >= 0.6 is 0 Å². The number of rotatable bonds is 0. The van der Waals surface area contributed by atoms with E-state index in [-0.39, 0.29) is 6.02 Å². The Balaban J connectivity index is 3.22. The van der Waals surface area contributed by atoms with Crippen LogP contribution in [0.5, 0.6) is 0 Å². The highest BCUT2D eigenvalue weighted by atomic mass is 16.5. The summed E-state index contributed by atoms with van der Waals surface area (Å²) in [7, 11) is 1.39. The Labute approximate surface area is 35.8 Å². The maximum Gasteiger partial charge on any atom is 0.303 e. The van der Waals surface area contributed by atoms with Crippen LogP contribution in [0.1, 0.15) is 0 Å². The van der Waals surface area contributed by atoms with Crippen LogP contribution in [-0.2, 0) is 4.74 Å². The first-order valence-electron chi connectivity index (χ1n) is 1.38. The second-order valence-corrected chi connectivity index (χ2v) is 0.671. The van der Waals surface area contributed by atoms with Crippen molar-refractivity contribution in [2.45, 2.75) is 0 Å². The van der Waals surface area contributed by atoms with Gasteiger partial charge < -0.3 is 16.3 Å². The lowest BCUT2D eigenvalue weighted by atomic mass is 11.2. The molecule has 36 valence electrons. The zero-order valence-electron chi connectivity index (χ0n) is 3.51. The van der Waals surface area contributed by atoms with Gasteiger partial charge in [-0.2, -0.15) is 0 Å². The zero-order chi connectivity index (χ0) is 4.99. The molecule has 4 heteroatoms. The van der Waals surface area contributed by atoms with E-state index in [1.165, 1.54) is 7.11 Å². The molecule has 0 aromatic heterocycles. The second-order valence-electron chi connectivity index (χ2n) is 0.671. The number of amidine groups is 1. The molecule has 0 unspecified atom stereocenters.